The van der Waals surface area contributed by atoms with Crippen LogP contribution in [-0.4, -0.2) is 22.6 Å². The smallest absolute Gasteiger partial charge is 0.450 e. The summed E-state index contributed by atoms with van der Waals surface area (Å²) in [7, 11) is 0. The van der Waals surface area contributed by atoms with Crippen molar-refractivity contribution in [3.05, 3.63) is 0 Å². The van der Waals surface area contributed by atoms with E-state index in [1.54, 1.807) is 13.8 Å². The molecule has 1 N–H and O–H groups in total. The van der Waals surface area contributed by atoms with Gasteiger partial charge in [-0.2, -0.15) is 0 Å². The zero-order chi connectivity index (χ0) is 12.6. The summed E-state index contributed by atoms with van der Waals surface area (Å²) in [5.74, 6) is -0.117. The number of carboxylic acid groups (broad SMARTS) is 1. The number of Topliss-reactive ketones (excluding diaryl/α,β-unsaturated/α-hetero) is 1. The van der Waals surface area contributed by atoms with E-state index in [1.807, 2.05) is 0 Å². The van der Waals surface area contributed by atoms with E-state index in [0.29, 0.717) is 12.8 Å². The lowest BCUT2D eigenvalue weighted by molar-refractivity contribution is -0.138. The largest absolute Gasteiger partial charge is 0.506 e. The van der Waals surface area contributed by atoms with Crippen LogP contribution in [0.1, 0.15) is 59.3 Å². The minimum atomic E-state index is -1.38. The third kappa shape index (κ3) is 5.14. The van der Waals surface area contributed by atoms with E-state index in [4.69, 9.17) is 5.11 Å². The Labute approximate surface area is 97.0 Å². The molecule has 0 saturated carbocycles. The van der Waals surface area contributed by atoms with Crippen LogP contribution < -0.4 is 0 Å². The van der Waals surface area contributed by atoms with Crippen LogP contribution in [0.3, 0.4) is 0 Å². The first kappa shape index (κ1) is 14.9. The van der Waals surface area contributed by atoms with Crippen LogP contribution in [0.2, 0.25) is 0 Å². The Kier molecular flexibility index (Phi) is 6.77. The second kappa shape index (κ2) is 7.25. The molecule has 0 spiro atoms. The Balaban J connectivity index is 4.14. The molecular weight excluding hydrogens is 208 g/mol. The number of unbranched alkanes of at least 4 members (excludes halogenated alkanes) is 3. The fourth-order valence-electron chi connectivity index (χ4n) is 1.50. The molecule has 1 unspecified atom stereocenters. The van der Waals surface area contributed by atoms with Gasteiger partial charge in [-0.1, -0.05) is 33.1 Å². The van der Waals surface area contributed by atoms with Crippen molar-refractivity contribution in [2.45, 2.75) is 64.9 Å². The van der Waals surface area contributed by atoms with E-state index < -0.39 is 11.8 Å². The molecule has 0 aromatic carbocycles. The lowest BCUT2D eigenvalue weighted by atomic mass is 9.93. The molecule has 0 aromatic rings. The van der Waals surface area contributed by atoms with E-state index in [1.165, 1.54) is 0 Å². The fourth-order valence-corrected chi connectivity index (χ4v) is 1.50. The molecular formula is C12H22O4. The van der Waals surface area contributed by atoms with E-state index in [0.717, 1.165) is 25.7 Å². The van der Waals surface area contributed by atoms with Gasteiger partial charge in [0.05, 0.1) is 0 Å². The number of carbonyl (C=O) groups excluding carboxylic acids is 1. The molecule has 1 atom stereocenters. The number of ketones is 1. The van der Waals surface area contributed by atoms with E-state index >= 15 is 0 Å². The highest BCUT2D eigenvalue weighted by Gasteiger charge is 2.34. The predicted molar refractivity (Wildman–Crippen MR) is 61.6 cm³/mol. The Morgan fingerprint density at radius 3 is 2.25 bits per heavy atom. The summed E-state index contributed by atoms with van der Waals surface area (Å²) in [6.45, 7) is 5.40. The van der Waals surface area contributed by atoms with Gasteiger partial charge >= 0.3 is 6.16 Å². The van der Waals surface area contributed by atoms with Crippen molar-refractivity contribution in [2.75, 3.05) is 0 Å². The van der Waals surface area contributed by atoms with Crippen molar-refractivity contribution < 1.29 is 19.4 Å². The lowest BCUT2D eigenvalue weighted by Crippen LogP contribution is -2.39. The summed E-state index contributed by atoms with van der Waals surface area (Å²) in [4.78, 5) is 22.3. The number of rotatable bonds is 8. The highest BCUT2D eigenvalue weighted by Crippen LogP contribution is 2.20. The minimum absolute atomic E-state index is 0.117. The van der Waals surface area contributed by atoms with Gasteiger partial charge in [-0.25, -0.2) is 4.79 Å². The molecule has 0 radical (unpaired) electrons. The maximum absolute atomic E-state index is 11.8. The van der Waals surface area contributed by atoms with Crippen molar-refractivity contribution in [1.82, 2.24) is 0 Å². The first-order chi connectivity index (χ1) is 7.46. The summed E-state index contributed by atoms with van der Waals surface area (Å²) in [6, 6.07) is 0. The molecule has 0 heterocycles. The van der Waals surface area contributed by atoms with Crippen LogP contribution >= 0.6 is 0 Å². The summed E-state index contributed by atoms with van der Waals surface area (Å²) in [5, 5.41) is 8.56. The van der Waals surface area contributed by atoms with Gasteiger partial charge in [0.15, 0.2) is 11.4 Å². The molecule has 0 aromatic heterocycles. The second-order valence-electron chi connectivity index (χ2n) is 4.19. The molecule has 0 aliphatic heterocycles. The monoisotopic (exact) mass is 230 g/mol. The first-order valence-electron chi connectivity index (χ1n) is 5.91. The van der Waals surface area contributed by atoms with Crippen LogP contribution in [0.5, 0.6) is 0 Å². The van der Waals surface area contributed by atoms with Crippen molar-refractivity contribution in [1.29, 1.82) is 0 Å². The minimum Gasteiger partial charge on any atom is -0.450 e. The summed E-state index contributed by atoms with van der Waals surface area (Å²) < 4.78 is 4.67. The van der Waals surface area contributed by atoms with Gasteiger partial charge in [0.25, 0.3) is 0 Å². The molecule has 0 fully saturated rings. The fraction of sp³-hybridized carbons (Fsp3) is 0.833. The zero-order valence-electron chi connectivity index (χ0n) is 10.4. The third-order valence-electron chi connectivity index (χ3n) is 2.83. The normalized spacial score (nSPS) is 14.2. The third-order valence-corrected chi connectivity index (χ3v) is 2.83. The van der Waals surface area contributed by atoms with E-state index in [-0.39, 0.29) is 5.78 Å². The van der Waals surface area contributed by atoms with Gasteiger partial charge in [-0.3, -0.25) is 4.79 Å². The molecule has 0 aliphatic carbocycles. The van der Waals surface area contributed by atoms with Crippen LogP contribution in [0, 0.1) is 0 Å². The summed E-state index contributed by atoms with van der Waals surface area (Å²) in [6.07, 6.45) is 3.44. The molecule has 0 saturated heterocycles. The van der Waals surface area contributed by atoms with Gasteiger partial charge in [-0.15, -0.1) is 0 Å². The topological polar surface area (TPSA) is 63.6 Å². The number of hydrogen-bond acceptors (Lipinski definition) is 3. The maximum Gasteiger partial charge on any atom is 0.506 e. The van der Waals surface area contributed by atoms with Crippen molar-refractivity contribution in [3.8, 4) is 0 Å². The number of ether oxygens (including phenoxy) is 1. The standard InChI is InChI=1S/C12H22O4/c1-4-6-7-8-9-10(13)12(3,5-2)16-11(14)15/h4-9H2,1-3H3,(H,14,15). The van der Waals surface area contributed by atoms with Gasteiger partial charge in [0.1, 0.15) is 0 Å². The quantitative estimate of drug-likeness (QED) is 0.512. The SMILES string of the molecule is CCCCCCC(=O)C(C)(CC)OC(=O)O. The van der Waals surface area contributed by atoms with Crippen LogP contribution in [0.15, 0.2) is 0 Å². The van der Waals surface area contributed by atoms with Crippen LogP contribution in [-0.2, 0) is 9.53 Å². The molecule has 94 valence electrons. The average Bonchev–Trinajstić information content (AvgIpc) is 2.23. The molecule has 0 rings (SSSR count). The molecule has 0 bridgehead atoms. The molecule has 4 nitrogen and oxygen atoms in total. The predicted octanol–water partition coefficient (Wildman–Crippen LogP) is 3.39. The average molecular weight is 230 g/mol. The lowest BCUT2D eigenvalue weighted by Gasteiger charge is -2.25. The van der Waals surface area contributed by atoms with Gasteiger partial charge in [0.2, 0.25) is 0 Å². The number of carbonyl (C=O) groups is 2. The van der Waals surface area contributed by atoms with Crippen LogP contribution in [0.25, 0.3) is 0 Å². The second-order valence-corrected chi connectivity index (χ2v) is 4.19. The Morgan fingerprint density at radius 2 is 1.81 bits per heavy atom. The van der Waals surface area contributed by atoms with Crippen molar-refractivity contribution in [3.63, 3.8) is 0 Å². The Hall–Kier alpha value is -1.06. The zero-order valence-corrected chi connectivity index (χ0v) is 10.4. The summed E-state index contributed by atoms with van der Waals surface area (Å²) >= 11 is 0. The number of hydrogen-bond donors (Lipinski definition) is 1. The Morgan fingerprint density at radius 1 is 1.19 bits per heavy atom. The van der Waals surface area contributed by atoms with Gasteiger partial charge in [0, 0.05) is 6.42 Å². The van der Waals surface area contributed by atoms with E-state index in [9.17, 15) is 9.59 Å². The highest BCUT2D eigenvalue weighted by molar-refractivity contribution is 5.88. The molecule has 0 amide bonds. The first-order valence-corrected chi connectivity index (χ1v) is 5.91. The summed E-state index contributed by atoms with van der Waals surface area (Å²) in [5.41, 5.74) is -1.17. The Bertz CT molecular complexity index is 237. The van der Waals surface area contributed by atoms with Crippen molar-refractivity contribution in [2.24, 2.45) is 0 Å². The van der Waals surface area contributed by atoms with Crippen molar-refractivity contribution >= 4 is 11.9 Å². The van der Waals surface area contributed by atoms with Gasteiger partial charge < -0.3 is 9.84 Å². The van der Waals surface area contributed by atoms with Crippen LogP contribution in [0.4, 0.5) is 4.79 Å². The highest BCUT2D eigenvalue weighted by atomic mass is 16.7. The molecule has 16 heavy (non-hydrogen) atoms. The molecule has 0 aliphatic rings. The maximum atomic E-state index is 11.8. The molecule has 4 heteroatoms. The van der Waals surface area contributed by atoms with E-state index in [2.05, 4.69) is 11.7 Å². The van der Waals surface area contributed by atoms with Gasteiger partial charge in [-0.05, 0) is 19.8 Å².